The Morgan fingerprint density at radius 1 is 0.871 bits per heavy atom. The second-order valence-corrected chi connectivity index (χ2v) is 8.61. The lowest BCUT2D eigenvalue weighted by atomic mass is 10.1. The Bertz CT molecular complexity index is 1020. The van der Waals surface area contributed by atoms with E-state index in [1.54, 1.807) is 0 Å². The molecule has 2 aliphatic heterocycles. The molecule has 5 nitrogen and oxygen atoms in total. The van der Waals surface area contributed by atoms with E-state index in [0.29, 0.717) is 11.7 Å². The van der Waals surface area contributed by atoms with Crippen molar-refractivity contribution in [2.45, 2.75) is 32.5 Å². The first-order chi connectivity index (χ1) is 15.2. The average Bonchev–Trinajstić information content (AvgIpc) is 3.49. The molecule has 2 aliphatic rings. The highest BCUT2D eigenvalue weighted by molar-refractivity contribution is 7.80. The molecule has 0 spiro atoms. The fourth-order valence-corrected chi connectivity index (χ4v) is 4.49. The molecule has 2 N–H and O–H groups in total. The third kappa shape index (κ3) is 4.64. The lowest BCUT2D eigenvalue weighted by molar-refractivity contribution is 0.857. The molecule has 6 heteroatoms. The Hall–Kier alpha value is -3.12. The zero-order chi connectivity index (χ0) is 21.0. The summed E-state index contributed by atoms with van der Waals surface area (Å²) in [6, 6.07) is 21.4. The minimum absolute atomic E-state index is 0.603. The molecule has 1 saturated heterocycles. The van der Waals surface area contributed by atoms with E-state index >= 15 is 0 Å². The lowest BCUT2D eigenvalue weighted by Crippen LogP contribution is -2.28. The fourth-order valence-electron chi connectivity index (χ4n) is 4.30. The van der Waals surface area contributed by atoms with Gasteiger partial charge < -0.3 is 20.4 Å². The van der Waals surface area contributed by atoms with Crippen molar-refractivity contribution in [2.75, 3.05) is 28.2 Å². The number of hydrogen-bond donors (Lipinski definition) is 2. The number of rotatable bonds is 5. The lowest BCUT2D eigenvalue weighted by Gasteiger charge is -2.18. The number of hydrogen-bond acceptors (Lipinski definition) is 4. The quantitative estimate of drug-likeness (QED) is 0.574. The fraction of sp³-hybridized carbons (Fsp3) is 0.280. The maximum absolute atomic E-state index is 5.47. The van der Waals surface area contributed by atoms with E-state index in [9.17, 15) is 0 Å². The number of thiocarbonyl (C=S) groups is 1. The number of pyridine rings is 1. The van der Waals surface area contributed by atoms with Crippen molar-refractivity contribution < 1.29 is 0 Å². The van der Waals surface area contributed by atoms with Gasteiger partial charge in [0.25, 0.3) is 0 Å². The summed E-state index contributed by atoms with van der Waals surface area (Å²) < 4.78 is 0. The molecule has 31 heavy (non-hydrogen) atoms. The summed E-state index contributed by atoms with van der Waals surface area (Å²) in [5.74, 6) is 0.985. The Labute approximate surface area is 189 Å². The van der Waals surface area contributed by atoms with Crippen LogP contribution in [0.2, 0.25) is 0 Å². The van der Waals surface area contributed by atoms with Gasteiger partial charge in [0, 0.05) is 38.4 Å². The highest BCUT2D eigenvalue weighted by atomic mass is 32.1. The topological polar surface area (TPSA) is 43.4 Å². The van der Waals surface area contributed by atoms with Gasteiger partial charge in [0.05, 0.1) is 11.9 Å². The number of benzene rings is 2. The summed E-state index contributed by atoms with van der Waals surface area (Å²) in [7, 11) is 0. The molecule has 158 valence electrons. The molecule has 0 amide bonds. The maximum atomic E-state index is 5.47. The SMILES string of the molecule is S=C(NCc1ccc(N2CCCC2)cc1)Nc1ccc(N2Cc3ccccc3C2)nc1. The molecule has 5 rings (SSSR count). The summed E-state index contributed by atoms with van der Waals surface area (Å²) in [5.41, 5.74) is 6.18. The summed E-state index contributed by atoms with van der Waals surface area (Å²) in [4.78, 5) is 9.37. The van der Waals surface area contributed by atoms with Crippen molar-refractivity contribution in [3.63, 3.8) is 0 Å². The molecule has 0 radical (unpaired) electrons. The Kier molecular flexibility index (Phi) is 5.71. The predicted molar refractivity (Wildman–Crippen MR) is 132 cm³/mol. The summed E-state index contributed by atoms with van der Waals surface area (Å²) in [6.07, 6.45) is 4.44. The predicted octanol–water partition coefficient (Wildman–Crippen LogP) is 4.69. The molecule has 0 unspecified atom stereocenters. The van der Waals surface area contributed by atoms with Crippen molar-refractivity contribution in [1.82, 2.24) is 10.3 Å². The van der Waals surface area contributed by atoms with Crippen LogP contribution in [-0.4, -0.2) is 23.2 Å². The van der Waals surface area contributed by atoms with E-state index in [2.05, 4.69) is 73.9 Å². The van der Waals surface area contributed by atoms with Gasteiger partial charge in [-0.05, 0) is 66.0 Å². The van der Waals surface area contributed by atoms with Gasteiger partial charge in [-0.25, -0.2) is 4.98 Å². The first kappa shape index (κ1) is 19.8. The minimum atomic E-state index is 0.603. The second kappa shape index (κ2) is 8.94. The summed E-state index contributed by atoms with van der Waals surface area (Å²) >= 11 is 5.47. The number of anilines is 3. The van der Waals surface area contributed by atoms with Gasteiger partial charge >= 0.3 is 0 Å². The van der Waals surface area contributed by atoms with Crippen LogP contribution < -0.4 is 20.4 Å². The third-order valence-corrected chi connectivity index (χ3v) is 6.28. The van der Waals surface area contributed by atoms with E-state index in [-0.39, 0.29) is 0 Å². The first-order valence-electron chi connectivity index (χ1n) is 10.9. The summed E-state index contributed by atoms with van der Waals surface area (Å²) in [6.45, 7) is 4.86. The van der Waals surface area contributed by atoms with Gasteiger partial charge in [0.1, 0.15) is 5.82 Å². The van der Waals surface area contributed by atoms with Crippen LogP contribution in [0.1, 0.15) is 29.5 Å². The zero-order valence-corrected chi connectivity index (χ0v) is 18.4. The van der Waals surface area contributed by atoms with Crippen LogP contribution in [0.25, 0.3) is 0 Å². The Morgan fingerprint density at radius 3 is 2.23 bits per heavy atom. The number of nitrogens with zero attached hydrogens (tertiary/aromatic N) is 3. The van der Waals surface area contributed by atoms with Gasteiger partial charge in [0.15, 0.2) is 5.11 Å². The van der Waals surface area contributed by atoms with Gasteiger partial charge in [0.2, 0.25) is 0 Å². The number of nitrogens with one attached hydrogen (secondary N) is 2. The number of fused-ring (bicyclic) bond motifs is 1. The van der Waals surface area contributed by atoms with E-state index in [0.717, 1.165) is 24.6 Å². The van der Waals surface area contributed by atoms with Crippen molar-refractivity contribution in [2.24, 2.45) is 0 Å². The average molecular weight is 430 g/mol. The summed E-state index contributed by atoms with van der Waals surface area (Å²) in [5, 5.41) is 7.12. The molecule has 0 saturated carbocycles. The molecule has 0 bridgehead atoms. The highest BCUT2D eigenvalue weighted by Crippen LogP contribution is 2.27. The van der Waals surface area contributed by atoms with Crippen LogP contribution in [0, 0.1) is 0 Å². The van der Waals surface area contributed by atoms with Gasteiger partial charge in [-0.3, -0.25) is 0 Å². The molecule has 2 aromatic carbocycles. The minimum Gasteiger partial charge on any atom is -0.372 e. The van der Waals surface area contributed by atoms with E-state index in [1.165, 1.54) is 48.3 Å². The third-order valence-electron chi connectivity index (χ3n) is 6.03. The van der Waals surface area contributed by atoms with Gasteiger partial charge in [-0.15, -0.1) is 0 Å². The molecule has 1 fully saturated rings. The molecular weight excluding hydrogens is 402 g/mol. The van der Waals surface area contributed by atoms with E-state index in [4.69, 9.17) is 12.2 Å². The van der Waals surface area contributed by atoms with Crippen molar-refractivity contribution in [3.8, 4) is 0 Å². The monoisotopic (exact) mass is 429 g/mol. The molecular formula is C25H27N5S. The van der Waals surface area contributed by atoms with Crippen LogP contribution in [0.5, 0.6) is 0 Å². The van der Waals surface area contributed by atoms with Crippen LogP contribution in [0.4, 0.5) is 17.2 Å². The maximum Gasteiger partial charge on any atom is 0.171 e. The molecule has 3 aromatic rings. The molecule has 0 aliphatic carbocycles. The smallest absolute Gasteiger partial charge is 0.171 e. The highest BCUT2D eigenvalue weighted by Gasteiger charge is 2.19. The van der Waals surface area contributed by atoms with Gasteiger partial charge in [-0.1, -0.05) is 36.4 Å². The van der Waals surface area contributed by atoms with Crippen molar-refractivity contribution >= 4 is 34.5 Å². The molecule has 0 atom stereocenters. The zero-order valence-electron chi connectivity index (χ0n) is 17.6. The van der Waals surface area contributed by atoms with Gasteiger partial charge in [-0.2, -0.15) is 0 Å². The Balaban J connectivity index is 1.11. The van der Waals surface area contributed by atoms with Crippen LogP contribution in [0.3, 0.4) is 0 Å². The molecule has 3 heterocycles. The normalized spacial score (nSPS) is 15.1. The Morgan fingerprint density at radius 2 is 1.58 bits per heavy atom. The van der Waals surface area contributed by atoms with Crippen LogP contribution >= 0.6 is 12.2 Å². The van der Waals surface area contributed by atoms with Crippen LogP contribution in [-0.2, 0) is 19.6 Å². The van der Waals surface area contributed by atoms with E-state index in [1.807, 2.05) is 18.3 Å². The number of aromatic nitrogens is 1. The molecule has 1 aromatic heterocycles. The first-order valence-corrected chi connectivity index (χ1v) is 11.3. The van der Waals surface area contributed by atoms with Crippen molar-refractivity contribution in [1.29, 1.82) is 0 Å². The van der Waals surface area contributed by atoms with Crippen molar-refractivity contribution in [3.05, 3.63) is 83.6 Å². The standard InChI is InChI=1S/C25H27N5S/c31-25(27-15-19-7-10-23(11-8-19)29-13-3-4-14-29)28-22-9-12-24(26-16-22)30-17-20-5-1-2-6-21(20)18-30/h1-2,5-12,16H,3-4,13-15,17-18H2,(H2,27,28,31). The largest absolute Gasteiger partial charge is 0.372 e. The van der Waals surface area contributed by atoms with E-state index < -0.39 is 0 Å². The van der Waals surface area contributed by atoms with Crippen LogP contribution in [0.15, 0.2) is 66.9 Å². The second-order valence-electron chi connectivity index (χ2n) is 8.20.